The summed E-state index contributed by atoms with van der Waals surface area (Å²) in [5, 5.41) is 7.15. The Balaban J connectivity index is 1.45. The summed E-state index contributed by atoms with van der Waals surface area (Å²) in [5.41, 5.74) is 1.20. The van der Waals surface area contributed by atoms with E-state index < -0.39 is 0 Å². The van der Waals surface area contributed by atoms with Crippen LogP contribution in [0, 0.1) is 0 Å². The summed E-state index contributed by atoms with van der Waals surface area (Å²) in [5.74, 6) is 0.247. The van der Waals surface area contributed by atoms with Crippen LogP contribution >= 0.6 is 11.8 Å². The number of aryl methyl sites for hydroxylation is 1. The minimum Gasteiger partial charge on any atom is -0.479 e. The van der Waals surface area contributed by atoms with Crippen LogP contribution in [0.25, 0.3) is 0 Å². The summed E-state index contributed by atoms with van der Waals surface area (Å²) >= 11 is 1.57. The van der Waals surface area contributed by atoms with Gasteiger partial charge in [0.1, 0.15) is 5.56 Å². The zero-order valence-electron chi connectivity index (χ0n) is 17.1. The number of thioether (sulfide) groups is 1. The van der Waals surface area contributed by atoms with Crippen LogP contribution in [0.15, 0.2) is 35.4 Å². The van der Waals surface area contributed by atoms with Crippen molar-refractivity contribution in [3.63, 3.8) is 0 Å². The second-order valence-corrected chi connectivity index (χ2v) is 7.66. The lowest BCUT2D eigenvalue weighted by Gasteiger charge is -2.34. The molecule has 1 N–H and O–H groups in total. The quantitative estimate of drug-likeness (QED) is 0.685. The zero-order chi connectivity index (χ0) is 20.8. The highest BCUT2D eigenvalue weighted by atomic mass is 32.2. The van der Waals surface area contributed by atoms with E-state index in [1.807, 2.05) is 35.4 Å². The van der Waals surface area contributed by atoms with Crippen molar-refractivity contribution in [1.82, 2.24) is 24.9 Å². The third-order valence-electron chi connectivity index (χ3n) is 4.94. The van der Waals surface area contributed by atoms with Crippen LogP contribution in [0.2, 0.25) is 0 Å². The molecule has 1 aliphatic rings. The van der Waals surface area contributed by atoms with Gasteiger partial charge in [0, 0.05) is 57.4 Å². The zero-order valence-corrected chi connectivity index (χ0v) is 17.9. The first kappa shape index (κ1) is 21.2. The van der Waals surface area contributed by atoms with Crippen molar-refractivity contribution < 1.29 is 14.3 Å². The number of aromatic nitrogens is 2. The van der Waals surface area contributed by atoms with E-state index in [9.17, 15) is 9.59 Å². The lowest BCUT2D eigenvalue weighted by atomic mass is 10.2. The van der Waals surface area contributed by atoms with Gasteiger partial charge < -0.3 is 15.0 Å². The van der Waals surface area contributed by atoms with E-state index in [4.69, 9.17) is 4.74 Å². The SMILES string of the molecule is COc1nn(C)cc1C(=O)N1CCN(CCNC(=O)c2ccccc2SC)CC1. The monoisotopic (exact) mass is 417 g/mol. The van der Waals surface area contributed by atoms with Crippen LogP contribution in [0.3, 0.4) is 0 Å². The van der Waals surface area contributed by atoms with Gasteiger partial charge in [-0.25, -0.2) is 0 Å². The van der Waals surface area contributed by atoms with E-state index in [1.54, 1.807) is 29.7 Å². The fourth-order valence-corrected chi connectivity index (χ4v) is 3.96. The van der Waals surface area contributed by atoms with Crippen LogP contribution in [0.4, 0.5) is 0 Å². The molecule has 2 aromatic rings. The van der Waals surface area contributed by atoms with E-state index >= 15 is 0 Å². The van der Waals surface area contributed by atoms with Crippen molar-refractivity contribution in [3.05, 3.63) is 41.6 Å². The van der Waals surface area contributed by atoms with Gasteiger partial charge in [-0.15, -0.1) is 16.9 Å². The Labute approximate surface area is 175 Å². The normalized spacial score (nSPS) is 14.7. The maximum Gasteiger partial charge on any atom is 0.261 e. The molecular formula is C20H27N5O3S. The lowest BCUT2D eigenvalue weighted by molar-refractivity contribution is 0.0634. The maximum absolute atomic E-state index is 12.7. The number of carbonyl (C=O) groups excluding carboxylic acids is 2. The smallest absolute Gasteiger partial charge is 0.261 e. The molecule has 8 nitrogen and oxygen atoms in total. The minimum atomic E-state index is -0.0587. The van der Waals surface area contributed by atoms with Crippen molar-refractivity contribution in [2.24, 2.45) is 7.05 Å². The van der Waals surface area contributed by atoms with E-state index in [0.29, 0.717) is 36.6 Å². The molecule has 1 fully saturated rings. The number of amides is 2. The van der Waals surface area contributed by atoms with Crippen LogP contribution in [-0.4, -0.2) is 84.0 Å². The molecule has 3 rings (SSSR count). The number of benzene rings is 1. The minimum absolute atomic E-state index is 0.0487. The Kier molecular flexibility index (Phi) is 7.16. The van der Waals surface area contributed by atoms with Gasteiger partial charge >= 0.3 is 0 Å². The molecule has 1 saturated heterocycles. The van der Waals surface area contributed by atoms with Gasteiger partial charge in [0.15, 0.2) is 0 Å². The summed E-state index contributed by atoms with van der Waals surface area (Å²) in [4.78, 5) is 30.2. The van der Waals surface area contributed by atoms with Gasteiger partial charge in [-0.1, -0.05) is 12.1 Å². The van der Waals surface area contributed by atoms with Gasteiger partial charge in [0.25, 0.3) is 11.8 Å². The number of carbonyl (C=O) groups is 2. The summed E-state index contributed by atoms with van der Waals surface area (Å²) in [6.45, 7) is 4.15. The second-order valence-electron chi connectivity index (χ2n) is 6.82. The number of hydrogen-bond donors (Lipinski definition) is 1. The number of ether oxygens (including phenoxy) is 1. The molecule has 29 heavy (non-hydrogen) atoms. The van der Waals surface area contributed by atoms with E-state index in [2.05, 4.69) is 15.3 Å². The van der Waals surface area contributed by atoms with Crippen LogP contribution < -0.4 is 10.1 Å². The van der Waals surface area contributed by atoms with Crippen molar-refractivity contribution in [2.75, 3.05) is 52.6 Å². The molecule has 0 spiro atoms. The number of rotatable bonds is 7. The largest absolute Gasteiger partial charge is 0.479 e. The Morgan fingerprint density at radius 3 is 2.59 bits per heavy atom. The number of nitrogens with zero attached hydrogens (tertiary/aromatic N) is 4. The standard InChI is InChI=1S/C20H27N5O3S/c1-23-14-16(19(22-23)28-2)20(27)25-12-10-24(11-13-25)9-8-21-18(26)15-6-4-5-7-17(15)29-3/h4-7,14H,8-13H2,1-3H3,(H,21,26). The van der Waals surface area contributed by atoms with Gasteiger partial charge in [-0.05, 0) is 18.4 Å². The van der Waals surface area contributed by atoms with Crippen LogP contribution in [0.1, 0.15) is 20.7 Å². The molecule has 1 aliphatic heterocycles. The molecule has 156 valence electrons. The summed E-state index contributed by atoms with van der Waals surface area (Å²) in [6.07, 6.45) is 3.66. The highest BCUT2D eigenvalue weighted by Crippen LogP contribution is 2.20. The maximum atomic E-state index is 12.7. The Hall–Kier alpha value is -2.52. The van der Waals surface area contributed by atoms with E-state index in [0.717, 1.165) is 24.5 Å². The van der Waals surface area contributed by atoms with Crippen molar-refractivity contribution in [3.8, 4) is 5.88 Å². The predicted octanol–water partition coefficient (Wildman–Crippen LogP) is 1.34. The van der Waals surface area contributed by atoms with Crippen LogP contribution in [0.5, 0.6) is 5.88 Å². The third kappa shape index (κ3) is 5.10. The number of methoxy groups -OCH3 is 1. The fourth-order valence-electron chi connectivity index (χ4n) is 3.37. The Morgan fingerprint density at radius 1 is 1.17 bits per heavy atom. The average molecular weight is 418 g/mol. The highest BCUT2D eigenvalue weighted by Gasteiger charge is 2.26. The fraction of sp³-hybridized carbons (Fsp3) is 0.450. The van der Waals surface area contributed by atoms with Crippen LogP contribution in [-0.2, 0) is 7.05 Å². The van der Waals surface area contributed by atoms with Gasteiger partial charge in [0.2, 0.25) is 5.88 Å². The first-order valence-corrected chi connectivity index (χ1v) is 10.8. The van der Waals surface area contributed by atoms with E-state index in [1.165, 1.54) is 7.11 Å². The molecule has 0 saturated carbocycles. The molecule has 0 unspecified atom stereocenters. The Bertz CT molecular complexity index is 862. The van der Waals surface area contributed by atoms with Crippen molar-refractivity contribution in [1.29, 1.82) is 0 Å². The van der Waals surface area contributed by atoms with Crippen molar-refractivity contribution >= 4 is 23.6 Å². The van der Waals surface area contributed by atoms with Gasteiger partial charge in [-0.3, -0.25) is 19.2 Å². The number of hydrogen-bond acceptors (Lipinski definition) is 6. The molecule has 0 radical (unpaired) electrons. The highest BCUT2D eigenvalue weighted by molar-refractivity contribution is 7.98. The molecule has 2 amide bonds. The third-order valence-corrected chi connectivity index (χ3v) is 5.74. The molecule has 0 aliphatic carbocycles. The van der Waals surface area contributed by atoms with Crippen molar-refractivity contribution in [2.45, 2.75) is 4.90 Å². The molecule has 1 aromatic heterocycles. The lowest BCUT2D eigenvalue weighted by Crippen LogP contribution is -2.50. The predicted molar refractivity (Wildman–Crippen MR) is 113 cm³/mol. The Morgan fingerprint density at radius 2 is 1.90 bits per heavy atom. The summed E-state index contributed by atoms with van der Waals surface area (Å²) < 4.78 is 6.78. The molecular weight excluding hydrogens is 390 g/mol. The molecule has 2 heterocycles. The first-order valence-electron chi connectivity index (χ1n) is 9.54. The molecule has 0 atom stereocenters. The van der Waals surface area contributed by atoms with Gasteiger partial charge in [0.05, 0.1) is 12.7 Å². The number of piperazine rings is 1. The topological polar surface area (TPSA) is 79.7 Å². The molecule has 0 bridgehead atoms. The van der Waals surface area contributed by atoms with E-state index in [-0.39, 0.29) is 11.8 Å². The average Bonchev–Trinajstić information content (AvgIpc) is 3.14. The second kappa shape index (κ2) is 9.80. The van der Waals surface area contributed by atoms with Gasteiger partial charge in [-0.2, -0.15) is 0 Å². The first-order chi connectivity index (χ1) is 14.0. The summed E-state index contributed by atoms with van der Waals surface area (Å²) in [7, 11) is 3.28. The number of nitrogens with one attached hydrogen (secondary N) is 1. The molecule has 1 aromatic carbocycles. The summed E-state index contributed by atoms with van der Waals surface area (Å²) in [6, 6.07) is 7.61. The molecule has 9 heteroatoms.